The van der Waals surface area contributed by atoms with E-state index in [-0.39, 0.29) is 24.2 Å². The average molecular weight is 243 g/mol. The van der Waals surface area contributed by atoms with E-state index in [4.69, 9.17) is 0 Å². The van der Waals surface area contributed by atoms with Crippen molar-refractivity contribution in [3.63, 3.8) is 0 Å². The van der Waals surface area contributed by atoms with Gasteiger partial charge in [0, 0.05) is 20.5 Å². The van der Waals surface area contributed by atoms with Crippen molar-refractivity contribution in [1.29, 1.82) is 0 Å². The van der Waals surface area contributed by atoms with Gasteiger partial charge in [-0.2, -0.15) is 0 Å². The first-order valence-electron chi connectivity index (χ1n) is 5.63. The number of carbonyl (C=O) groups excluding carboxylic acids is 3. The predicted molar refractivity (Wildman–Crippen MR) is 64.3 cm³/mol. The zero-order valence-electron chi connectivity index (χ0n) is 11.0. The quantitative estimate of drug-likeness (QED) is 0.747. The minimum absolute atomic E-state index is 0.0394. The van der Waals surface area contributed by atoms with Crippen molar-refractivity contribution in [3.05, 3.63) is 0 Å². The van der Waals surface area contributed by atoms with Gasteiger partial charge in [-0.05, 0) is 5.92 Å². The van der Waals surface area contributed by atoms with Crippen LogP contribution in [0.15, 0.2) is 0 Å². The summed E-state index contributed by atoms with van der Waals surface area (Å²) in [5, 5.41) is 4.72. The summed E-state index contributed by atoms with van der Waals surface area (Å²) in [4.78, 5) is 35.7. The summed E-state index contributed by atoms with van der Waals surface area (Å²) in [6.07, 6.45) is 0.228. The molecule has 0 spiro atoms. The summed E-state index contributed by atoms with van der Waals surface area (Å²) in [5.41, 5.74) is 0. The van der Waals surface area contributed by atoms with Gasteiger partial charge >= 0.3 is 6.03 Å². The number of carbonyl (C=O) groups is 3. The molecular weight excluding hydrogens is 222 g/mol. The number of amides is 4. The highest BCUT2D eigenvalue weighted by atomic mass is 16.2. The van der Waals surface area contributed by atoms with Gasteiger partial charge in [-0.15, -0.1) is 0 Å². The van der Waals surface area contributed by atoms with Crippen LogP contribution in [-0.2, 0) is 9.59 Å². The van der Waals surface area contributed by atoms with Gasteiger partial charge in [0.15, 0.2) is 0 Å². The highest BCUT2D eigenvalue weighted by Crippen LogP contribution is 2.09. The van der Waals surface area contributed by atoms with E-state index in [1.54, 1.807) is 6.92 Å². The molecule has 0 heterocycles. The Morgan fingerprint density at radius 2 is 1.76 bits per heavy atom. The van der Waals surface area contributed by atoms with E-state index in [0.29, 0.717) is 0 Å². The van der Waals surface area contributed by atoms with Gasteiger partial charge in [0.05, 0.1) is 0 Å². The van der Waals surface area contributed by atoms with Crippen molar-refractivity contribution < 1.29 is 14.4 Å². The maximum Gasteiger partial charge on any atom is 0.324 e. The number of imide groups is 1. The molecule has 0 aromatic heterocycles. The van der Waals surface area contributed by atoms with Crippen molar-refractivity contribution in [2.75, 3.05) is 14.1 Å². The Morgan fingerprint density at radius 1 is 1.24 bits per heavy atom. The lowest BCUT2D eigenvalue weighted by Gasteiger charge is -2.29. The van der Waals surface area contributed by atoms with Crippen molar-refractivity contribution in [1.82, 2.24) is 15.5 Å². The van der Waals surface area contributed by atoms with Crippen LogP contribution in [-0.4, -0.2) is 42.9 Å². The molecule has 6 nitrogen and oxygen atoms in total. The maximum atomic E-state index is 11.7. The summed E-state index contributed by atoms with van der Waals surface area (Å²) in [5.74, 6) is -0.648. The third-order valence-electron chi connectivity index (χ3n) is 2.45. The Bertz CT molecular complexity index is 302. The molecule has 0 fully saturated rings. The normalized spacial score (nSPS) is 11.9. The number of nitrogens with zero attached hydrogens (tertiary/aromatic N) is 1. The van der Waals surface area contributed by atoms with Crippen LogP contribution in [0.4, 0.5) is 4.79 Å². The second-order valence-corrected chi connectivity index (χ2v) is 4.12. The van der Waals surface area contributed by atoms with E-state index >= 15 is 0 Å². The lowest BCUT2D eigenvalue weighted by molar-refractivity contribution is -0.126. The van der Waals surface area contributed by atoms with Gasteiger partial charge in [0.1, 0.15) is 6.04 Å². The summed E-state index contributed by atoms with van der Waals surface area (Å²) in [6, 6.07) is -1.15. The second kappa shape index (κ2) is 6.88. The van der Waals surface area contributed by atoms with E-state index in [1.165, 1.54) is 19.0 Å². The van der Waals surface area contributed by atoms with Gasteiger partial charge in [0.25, 0.3) is 0 Å². The van der Waals surface area contributed by atoms with Crippen molar-refractivity contribution in [2.24, 2.45) is 5.92 Å². The van der Waals surface area contributed by atoms with Crippen LogP contribution in [0.1, 0.15) is 27.2 Å². The van der Waals surface area contributed by atoms with Crippen LogP contribution in [0.2, 0.25) is 0 Å². The Labute approximate surface area is 102 Å². The first-order valence-corrected chi connectivity index (χ1v) is 5.63. The van der Waals surface area contributed by atoms with Gasteiger partial charge in [-0.1, -0.05) is 20.8 Å². The van der Waals surface area contributed by atoms with Crippen LogP contribution < -0.4 is 10.6 Å². The highest BCUT2D eigenvalue weighted by molar-refractivity contribution is 5.96. The van der Waals surface area contributed by atoms with Crippen LogP contribution in [0, 0.1) is 5.92 Å². The molecule has 4 amide bonds. The molecule has 6 heteroatoms. The molecule has 1 unspecified atom stereocenters. The topological polar surface area (TPSA) is 78.5 Å². The average Bonchev–Trinajstić information content (AvgIpc) is 2.27. The zero-order valence-corrected chi connectivity index (χ0v) is 11.0. The lowest BCUT2D eigenvalue weighted by atomic mass is 10.0. The summed E-state index contributed by atoms with van der Waals surface area (Å²) < 4.78 is 0. The highest BCUT2D eigenvalue weighted by Gasteiger charge is 2.29. The summed E-state index contributed by atoms with van der Waals surface area (Å²) >= 11 is 0. The van der Waals surface area contributed by atoms with Crippen LogP contribution in [0.25, 0.3) is 0 Å². The van der Waals surface area contributed by atoms with Gasteiger partial charge in [-0.25, -0.2) is 4.79 Å². The first kappa shape index (κ1) is 15.4. The number of hydrogen-bond donors (Lipinski definition) is 2. The predicted octanol–water partition coefficient (Wildman–Crippen LogP) is 0.335. The fourth-order valence-corrected chi connectivity index (χ4v) is 1.50. The molecule has 0 aliphatic rings. The molecule has 0 rings (SSSR count). The Kier molecular flexibility index (Phi) is 6.23. The molecule has 2 N–H and O–H groups in total. The Morgan fingerprint density at radius 3 is 2.12 bits per heavy atom. The lowest BCUT2D eigenvalue weighted by Crippen LogP contribution is -2.53. The SMILES string of the molecule is CCC(=O)NC(=O)N(C)C(C(=O)NC)C(C)C. The molecule has 0 aliphatic heterocycles. The molecule has 1 atom stereocenters. The van der Waals surface area contributed by atoms with Crippen LogP contribution >= 0.6 is 0 Å². The largest absolute Gasteiger partial charge is 0.357 e. The number of hydrogen-bond acceptors (Lipinski definition) is 3. The van der Waals surface area contributed by atoms with Crippen LogP contribution in [0.5, 0.6) is 0 Å². The first-order chi connectivity index (χ1) is 7.84. The maximum absolute atomic E-state index is 11.7. The molecule has 0 aromatic carbocycles. The minimum Gasteiger partial charge on any atom is -0.357 e. The standard InChI is InChI=1S/C11H21N3O3/c1-6-8(15)13-11(17)14(5)9(7(2)3)10(16)12-4/h7,9H,6H2,1-5H3,(H,12,16)(H,13,15,17). The number of likely N-dealkylation sites (N-methyl/N-ethyl adjacent to an activating group) is 2. The van der Waals surface area contributed by atoms with Gasteiger partial charge in [-0.3, -0.25) is 14.9 Å². The monoisotopic (exact) mass is 243 g/mol. The minimum atomic E-state index is -0.593. The molecule has 17 heavy (non-hydrogen) atoms. The molecule has 98 valence electrons. The van der Waals surface area contributed by atoms with E-state index in [2.05, 4.69) is 10.6 Å². The number of urea groups is 1. The van der Waals surface area contributed by atoms with E-state index in [0.717, 1.165) is 0 Å². The molecule has 0 saturated heterocycles. The van der Waals surface area contributed by atoms with Gasteiger partial charge < -0.3 is 10.2 Å². The summed E-state index contributed by atoms with van der Waals surface area (Å²) in [6.45, 7) is 5.33. The van der Waals surface area contributed by atoms with E-state index < -0.39 is 12.1 Å². The van der Waals surface area contributed by atoms with Gasteiger partial charge in [0.2, 0.25) is 11.8 Å². The second-order valence-electron chi connectivity index (χ2n) is 4.12. The Balaban J connectivity index is 4.72. The van der Waals surface area contributed by atoms with Crippen molar-refractivity contribution >= 4 is 17.8 Å². The molecule has 0 aliphatic carbocycles. The molecule has 0 aromatic rings. The zero-order chi connectivity index (χ0) is 13.6. The third kappa shape index (κ3) is 4.42. The fraction of sp³-hybridized carbons (Fsp3) is 0.727. The van der Waals surface area contributed by atoms with E-state index in [9.17, 15) is 14.4 Å². The van der Waals surface area contributed by atoms with Crippen molar-refractivity contribution in [2.45, 2.75) is 33.2 Å². The number of rotatable bonds is 4. The number of nitrogens with one attached hydrogen (secondary N) is 2. The molecular formula is C11H21N3O3. The smallest absolute Gasteiger partial charge is 0.324 e. The Hall–Kier alpha value is -1.59. The molecule has 0 saturated carbocycles. The molecule has 0 bridgehead atoms. The summed E-state index contributed by atoms with van der Waals surface area (Å²) in [7, 11) is 3.01. The van der Waals surface area contributed by atoms with E-state index in [1.807, 2.05) is 13.8 Å². The van der Waals surface area contributed by atoms with Crippen molar-refractivity contribution in [3.8, 4) is 0 Å². The fourth-order valence-electron chi connectivity index (χ4n) is 1.50. The van der Waals surface area contributed by atoms with Crippen LogP contribution in [0.3, 0.4) is 0 Å². The molecule has 0 radical (unpaired) electrons. The third-order valence-corrected chi connectivity index (χ3v) is 2.45.